The van der Waals surface area contributed by atoms with Gasteiger partial charge in [-0.15, -0.1) is 0 Å². The lowest BCUT2D eigenvalue weighted by Gasteiger charge is -2.30. The molecule has 1 aromatic heterocycles. The standard InChI is InChI=1S/C13H17BrN2O2/c14-11-5-10(6-15-7-11)13(18)16-12-4-2-1-3-9(12)8-17/h5-7,9,12,17H,1-4,8H2,(H,16,18). The molecule has 2 unspecified atom stereocenters. The highest BCUT2D eigenvalue weighted by molar-refractivity contribution is 9.10. The molecule has 1 heterocycles. The summed E-state index contributed by atoms with van der Waals surface area (Å²) in [6.45, 7) is 0.141. The maximum Gasteiger partial charge on any atom is 0.253 e. The van der Waals surface area contributed by atoms with Gasteiger partial charge in [-0.05, 0) is 34.8 Å². The van der Waals surface area contributed by atoms with Gasteiger partial charge in [0.1, 0.15) is 0 Å². The summed E-state index contributed by atoms with van der Waals surface area (Å²) in [5.74, 6) is 0.0666. The molecule has 2 N–H and O–H groups in total. The minimum absolute atomic E-state index is 0.0789. The number of aliphatic hydroxyl groups excluding tert-OH is 1. The molecule has 0 radical (unpaired) electrons. The van der Waals surface area contributed by atoms with Crippen molar-refractivity contribution in [2.75, 3.05) is 6.61 Å². The predicted octanol–water partition coefficient (Wildman–Crippen LogP) is 2.12. The molecule has 0 saturated heterocycles. The first-order valence-electron chi connectivity index (χ1n) is 6.23. The summed E-state index contributed by atoms with van der Waals surface area (Å²) in [5, 5.41) is 12.3. The van der Waals surface area contributed by atoms with E-state index in [4.69, 9.17) is 0 Å². The van der Waals surface area contributed by atoms with Crippen LogP contribution in [0.15, 0.2) is 22.9 Å². The molecule has 0 aromatic carbocycles. The van der Waals surface area contributed by atoms with E-state index in [1.54, 1.807) is 18.5 Å². The van der Waals surface area contributed by atoms with Crippen LogP contribution in [0, 0.1) is 5.92 Å². The normalized spacial score (nSPS) is 23.7. The Morgan fingerprint density at radius 1 is 1.44 bits per heavy atom. The molecule has 1 aromatic rings. The molecule has 1 aliphatic rings. The van der Waals surface area contributed by atoms with E-state index in [0.717, 1.165) is 30.2 Å². The molecule has 1 fully saturated rings. The monoisotopic (exact) mass is 312 g/mol. The lowest BCUT2D eigenvalue weighted by molar-refractivity contribution is 0.0872. The fraction of sp³-hybridized carbons (Fsp3) is 0.538. The second-order valence-corrected chi connectivity index (χ2v) is 5.61. The third kappa shape index (κ3) is 3.29. The molecular weight excluding hydrogens is 296 g/mol. The van der Waals surface area contributed by atoms with Gasteiger partial charge in [0.05, 0.1) is 5.56 Å². The summed E-state index contributed by atoms with van der Waals surface area (Å²) in [7, 11) is 0. The van der Waals surface area contributed by atoms with Crippen LogP contribution < -0.4 is 5.32 Å². The SMILES string of the molecule is O=C(NC1CCCCC1CO)c1cncc(Br)c1. The molecule has 4 nitrogen and oxygen atoms in total. The van der Waals surface area contributed by atoms with Crippen LogP contribution in [0.1, 0.15) is 36.0 Å². The summed E-state index contributed by atoms with van der Waals surface area (Å²) in [6.07, 6.45) is 7.37. The number of aliphatic hydroxyl groups is 1. The van der Waals surface area contributed by atoms with Crippen LogP contribution in [0.25, 0.3) is 0 Å². The average Bonchev–Trinajstić information content (AvgIpc) is 2.39. The van der Waals surface area contributed by atoms with Crippen LogP contribution in [0.2, 0.25) is 0 Å². The van der Waals surface area contributed by atoms with Gasteiger partial charge in [-0.1, -0.05) is 12.8 Å². The quantitative estimate of drug-likeness (QED) is 0.898. The van der Waals surface area contributed by atoms with Crippen molar-refractivity contribution in [3.05, 3.63) is 28.5 Å². The molecule has 5 heteroatoms. The van der Waals surface area contributed by atoms with Crippen LogP contribution in [0.5, 0.6) is 0 Å². The van der Waals surface area contributed by atoms with Crippen molar-refractivity contribution in [3.63, 3.8) is 0 Å². The summed E-state index contributed by atoms with van der Waals surface area (Å²) < 4.78 is 0.789. The first-order chi connectivity index (χ1) is 8.70. The molecule has 1 amide bonds. The van der Waals surface area contributed by atoms with Crippen LogP contribution in [0.4, 0.5) is 0 Å². The summed E-state index contributed by atoms with van der Waals surface area (Å²) in [6, 6.07) is 1.83. The Balaban J connectivity index is 2.02. The molecule has 0 aliphatic heterocycles. The number of pyridine rings is 1. The Bertz CT molecular complexity index is 425. The van der Waals surface area contributed by atoms with Gasteiger partial charge in [0.25, 0.3) is 5.91 Å². The Morgan fingerprint density at radius 2 is 2.22 bits per heavy atom. The molecule has 1 saturated carbocycles. The van der Waals surface area contributed by atoms with Crippen molar-refractivity contribution < 1.29 is 9.90 Å². The molecule has 0 spiro atoms. The van der Waals surface area contributed by atoms with Gasteiger partial charge in [0, 0.05) is 35.4 Å². The Labute approximate surface area is 115 Å². The first-order valence-corrected chi connectivity index (χ1v) is 7.02. The van der Waals surface area contributed by atoms with Crippen LogP contribution in [-0.2, 0) is 0 Å². The van der Waals surface area contributed by atoms with Crippen molar-refractivity contribution in [1.82, 2.24) is 10.3 Å². The van der Waals surface area contributed by atoms with Gasteiger partial charge < -0.3 is 10.4 Å². The van der Waals surface area contributed by atoms with E-state index in [0.29, 0.717) is 5.56 Å². The maximum absolute atomic E-state index is 12.1. The Kier molecular flexibility index (Phi) is 4.72. The van der Waals surface area contributed by atoms with E-state index in [1.807, 2.05) is 0 Å². The van der Waals surface area contributed by atoms with Gasteiger partial charge in [0.15, 0.2) is 0 Å². The summed E-state index contributed by atoms with van der Waals surface area (Å²) >= 11 is 3.30. The number of hydrogen-bond donors (Lipinski definition) is 2. The molecular formula is C13H17BrN2O2. The highest BCUT2D eigenvalue weighted by Gasteiger charge is 2.26. The number of nitrogens with one attached hydrogen (secondary N) is 1. The Hall–Kier alpha value is -0.940. The molecule has 1 aliphatic carbocycles. The van der Waals surface area contributed by atoms with E-state index in [-0.39, 0.29) is 24.5 Å². The van der Waals surface area contributed by atoms with Gasteiger partial charge in [0.2, 0.25) is 0 Å². The van der Waals surface area contributed by atoms with Crippen molar-refractivity contribution in [2.45, 2.75) is 31.7 Å². The van der Waals surface area contributed by atoms with Crippen molar-refractivity contribution in [2.24, 2.45) is 5.92 Å². The third-order valence-corrected chi connectivity index (χ3v) is 3.86. The van der Waals surface area contributed by atoms with E-state index in [1.165, 1.54) is 0 Å². The summed E-state index contributed by atoms with van der Waals surface area (Å²) in [4.78, 5) is 16.1. The van der Waals surface area contributed by atoms with Gasteiger partial charge >= 0.3 is 0 Å². The van der Waals surface area contributed by atoms with Crippen LogP contribution in [-0.4, -0.2) is 28.6 Å². The molecule has 2 atom stereocenters. The Morgan fingerprint density at radius 3 is 2.94 bits per heavy atom. The van der Waals surface area contributed by atoms with Crippen molar-refractivity contribution in [1.29, 1.82) is 0 Å². The second kappa shape index (κ2) is 6.29. The van der Waals surface area contributed by atoms with E-state index in [2.05, 4.69) is 26.2 Å². The minimum atomic E-state index is -0.117. The number of aromatic nitrogens is 1. The fourth-order valence-electron chi connectivity index (χ4n) is 2.40. The van der Waals surface area contributed by atoms with E-state index >= 15 is 0 Å². The smallest absolute Gasteiger partial charge is 0.253 e. The summed E-state index contributed by atoms with van der Waals surface area (Å²) in [5.41, 5.74) is 0.548. The first kappa shape index (κ1) is 13.5. The lowest BCUT2D eigenvalue weighted by atomic mass is 9.85. The predicted molar refractivity (Wildman–Crippen MR) is 72.2 cm³/mol. The van der Waals surface area contributed by atoms with Gasteiger partial charge in [-0.2, -0.15) is 0 Å². The zero-order chi connectivity index (χ0) is 13.0. The number of halogens is 1. The fourth-order valence-corrected chi connectivity index (χ4v) is 2.77. The number of nitrogens with zero attached hydrogens (tertiary/aromatic N) is 1. The highest BCUT2D eigenvalue weighted by atomic mass is 79.9. The molecule has 18 heavy (non-hydrogen) atoms. The third-order valence-electron chi connectivity index (χ3n) is 3.43. The number of hydrogen-bond acceptors (Lipinski definition) is 3. The van der Waals surface area contributed by atoms with Crippen molar-refractivity contribution >= 4 is 21.8 Å². The van der Waals surface area contributed by atoms with E-state index in [9.17, 15) is 9.90 Å². The zero-order valence-corrected chi connectivity index (χ0v) is 11.7. The number of amides is 1. The topological polar surface area (TPSA) is 62.2 Å². The maximum atomic E-state index is 12.1. The largest absolute Gasteiger partial charge is 0.396 e. The number of carbonyl (C=O) groups is 1. The van der Waals surface area contributed by atoms with Gasteiger partial charge in [-0.3, -0.25) is 9.78 Å². The highest BCUT2D eigenvalue weighted by Crippen LogP contribution is 2.24. The number of rotatable bonds is 3. The zero-order valence-electron chi connectivity index (χ0n) is 10.1. The molecule has 2 rings (SSSR count). The minimum Gasteiger partial charge on any atom is -0.396 e. The van der Waals surface area contributed by atoms with Crippen molar-refractivity contribution in [3.8, 4) is 0 Å². The number of carbonyl (C=O) groups excluding carboxylic acids is 1. The van der Waals surface area contributed by atoms with Crippen LogP contribution in [0.3, 0.4) is 0 Å². The van der Waals surface area contributed by atoms with Crippen LogP contribution >= 0.6 is 15.9 Å². The lowest BCUT2D eigenvalue weighted by Crippen LogP contribution is -2.43. The van der Waals surface area contributed by atoms with Gasteiger partial charge in [-0.25, -0.2) is 0 Å². The molecule has 0 bridgehead atoms. The molecule has 98 valence electrons. The average molecular weight is 313 g/mol. The second-order valence-electron chi connectivity index (χ2n) is 4.70. The van der Waals surface area contributed by atoms with E-state index < -0.39 is 0 Å².